The average Bonchev–Trinajstić information content (AvgIpc) is 3.24. The molecule has 1 aliphatic heterocycles. The van der Waals surface area contributed by atoms with Crippen molar-refractivity contribution in [3.05, 3.63) is 58.0 Å². The van der Waals surface area contributed by atoms with Crippen molar-refractivity contribution in [3.8, 4) is 0 Å². The summed E-state index contributed by atoms with van der Waals surface area (Å²) in [6, 6.07) is 9.82. The lowest BCUT2D eigenvalue weighted by molar-refractivity contribution is -0.135. The van der Waals surface area contributed by atoms with Gasteiger partial charge in [-0.15, -0.1) is 11.3 Å². The number of rotatable bonds is 6. The highest BCUT2D eigenvalue weighted by molar-refractivity contribution is 7.09. The lowest BCUT2D eigenvalue weighted by atomic mass is 10.0. The van der Waals surface area contributed by atoms with Crippen LogP contribution in [0.15, 0.2) is 41.8 Å². The Bertz CT molecular complexity index is 730. The van der Waals surface area contributed by atoms with E-state index >= 15 is 0 Å². The van der Waals surface area contributed by atoms with E-state index in [9.17, 15) is 14.0 Å². The maximum absolute atomic E-state index is 13.0. The zero-order valence-corrected chi connectivity index (χ0v) is 14.9. The van der Waals surface area contributed by atoms with Gasteiger partial charge in [-0.1, -0.05) is 25.1 Å². The molecule has 0 spiro atoms. The van der Waals surface area contributed by atoms with Crippen molar-refractivity contribution in [2.45, 2.75) is 38.3 Å². The van der Waals surface area contributed by atoms with Crippen LogP contribution in [0.5, 0.6) is 0 Å². The Morgan fingerprint density at radius 2 is 2.12 bits per heavy atom. The zero-order chi connectivity index (χ0) is 17.8. The summed E-state index contributed by atoms with van der Waals surface area (Å²) in [5.74, 6) is -0.280. The number of carbonyl (C=O) groups is 2. The first-order valence-electron chi connectivity index (χ1n) is 8.39. The molecule has 4 nitrogen and oxygen atoms in total. The van der Waals surface area contributed by atoms with Crippen molar-refractivity contribution >= 4 is 23.2 Å². The minimum atomic E-state index is -0.407. The summed E-state index contributed by atoms with van der Waals surface area (Å²) in [7, 11) is 0. The highest BCUT2D eigenvalue weighted by Gasteiger charge is 2.36. The number of hydrogen-bond acceptors (Lipinski definition) is 3. The van der Waals surface area contributed by atoms with E-state index in [1.54, 1.807) is 28.4 Å². The maximum Gasteiger partial charge on any atom is 0.242 e. The molecule has 1 N–H and O–H groups in total. The zero-order valence-electron chi connectivity index (χ0n) is 14.1. The van der Waals surface area contributed by atoms with Crippen molar-refractivity contribution in [2.24, 2.45) is 0 Å². The van der Waals surface area contributed by atoms with Crippen LogP contribution in [0.3, 0.4) is 0 Å². The molecule has 1 saturated heterocycles. The number of amides is 2. The number of nitrogens with zero attached hydrogens (tertiary/aromatic N) is 1. The van der Waals surface area contributed by atoms with E-state index in [2.05, 4.69) is 5.32 Å². The summed E-state index contributed by atoms with van der Waals surface area (Å²) in [6.45, 7) is 2.93. The van der Waals surface area contributed by atoms with Crippen molar-refractivity contribution in [3.63, 3.8) is 0 Å². The number of nitrogens with one attached hydrogen (secondary N) is 1. The van der Waals surface area contributed by atoms with Gasteiger partial charge < -0.3 is 10.2 Å². The fraction of sp³-hybridized carbons (Fsp3) is 0.368. The molecule has 0 bridgehead atoms. The van der Waals surface area contributed by atoms with E-state index < -0.39 is 6.04 Å². The molecule has 0 radical (unpaired) electrons. The lowest BCUT2D eigenvalue weighted by Crippen LogP contribution is -2.45. The van der Waals surface area contributed by atoms with Crippen LogP contribution in [0.2, 0.25) is 0 Å². The van der Waals surface area contributed by atoms with Crippen LogP contribution in [0.1, 0.15) is 36.1 Å². The van der Waals surface area contributed by atoms with Crippen LogP contribution in [0.25, 0.3) is 0 Å². The topological polar surface area (TPSA) is 49.4 Å². The fourth-order valence-electron chi connectivity index (χ4n) is 3.06. The van der Waals surface area contributed by atoms with E-state index in [4.69, 9.17) is 0 Å². The SMILES string of the molecule is CC(CNC(=O)C1CCC(=O)N1Cc1cccs1)c1ccc(F)cc1. The first-order chi connectivity index (χ1) is 12.0. The standard InChI is InChI=1S/C19H21FN2O2S/c1-13(14-4-6-15(20)7-5-14)11-21-19(24)17-8-9-18(23)22(17)12-16-3-2-10-25-16/h2-7,10,13,17H,8-9,11-12H2,1H3,(H,21,24). The van der Waals surface area contributed by atoms with E-state index in [-0.39, 0.29) is 23.5 Å². The normalized spacial score (nSPS) is 18.4. The van der Waals surface area contributed by atoms with E-state index in [1.807, 2.05) is 24.4 Å². The van der Waals surface area contributed by atoms with Gasteiger partial charge in [-0.25, -0.2) is 4.39 Å². The number of benzene rings is 1. The van der Waals surface area contributed by atoms with Gasteiger partial charge in [0.2, 0.25) is 11.8 Å². The molecule has 1 aliphatic rings. The number of halogens is 1. The Morgan fingerprint density at radius 3 is 2.80 bits per heavy atom. The smallest absolute Gasteiger partial charge is 0.242 e. The van der Waals surface area contributed by atoms with Gasteiger partial charge in [-0.3, -0.25) is 9.59 Å². The summed E-state index contributed by atoms with van der Waals surface area (Å²) in [5.41, 5.74) is 0.972. The van der Waals surface area contributed by atoms with Crippen LogP contribution in [-0.4, -0.2) is 29.3 Å². The van der Waals surface area contributed by atoms with E-state index in [0.29, 0.717) is 25.9 Å². The van der Waals surface area contributed by atoms with Crippen LogP contribution in [0, 0.1) is 5.82 Å². The Labute approximate surface area is 150 Å². The molecule has 2 atom stereocenters. The highest BCUT2D eigenvalue weighted by atomic mass is 32.1. The van der Waals surface area contributed by atoms with Gasteiger partial charge in [0.1, 0.15) is 11.9 Å². The molecule has 132 valence electrons. The number of thiophene rings is 1. The molecule has 2 unspecified atom stereocenters. The molecule has 3 rings (SSSR count). The predicted molar refractivity (Wildman–Crippen MR) is 95.7 cm³/mol. The van der Waals surface area contributed by atoms with Crippen LogP contribution >= 0.6 is 11.3 Å². The van der Waals surface area contributed by atoms with Gasteiger partial charge in [0.05, 0.1) is 6.54 Å². The van der Waals surface area contributed by atoms with Crippen molar-refractivity contribution in [1.82, 2.24) is 10.2 Å². The molecule has 0 saturated carbocycles. The first-order valence-corrected chi connectivity index (χ1v) is 9.27. The molecule has 2 aromatic rings. The minimum absolute atomic E-state index is 0.0279. The molecular weight excluding hydrogens is 339 g/mol. The fourth-order valence-corrected chi connectivity index (χ4v) is 3.76. The highest BCUT2D eigenvalue weighted by Crippen LogP contribution is 2.23. The average molecular weight is 360 g/mol. The molecule has 6 heteroatoms. The number of carbonyl (C=O) groups excluding carboxylic acids is 2. The van der Waals surface area contributed by atoms with E-state index in [1.165, 1.54) is 12.1 Å². The van der Waals surface area contributed by atoms with Gasteiger partial charge in [-0.2, -0.15) is 0 Å². The molecule has 25 heavy (non-hydrogen) atoms. The van der Waals surface area contributed by atoms with Gasteiger partial charge in [0.15, 0.2) is 0 Å². The Morgan fingerprint density at radius 1 is 1.36 bits per heavy atom. The van der Waals surface area contributed by atoms with Crippen LogP contribution in [0.4, 0.5) is 4.39 Å². The van der Waals surface area contributed by atoms with Crippen LogP contribution in [-0.2, 0) is 16.1 Å². The molecule has 1 fully saturated rings. The van der Waals surface area contributed by atoms with Crippen LogP contribution < -0.4 is 5.32 Å². The molecular formula is C19H21FN2O2S. The van der Waals surface area contributed by atoms with Gasteiger partial charge in [0, 0.05) is 17.8 Å². The quantitative estimate of drug-likeness (QED) is 0.859. The second-order valence-electron chi connectivity index (χ2n) is 6.35. The molecule has 2 amide bonds. The lowest BCUT2D eigenvalue weighted by Gasteiger charge is -2.24. The van der Waals surface area contributed by atoms with Crippen molar-refractivity contribution < 1.29 is 14.0 Å². The Kier molecular flexibility index (Phi) is 5.48. The summed E-state index contributed by atoms with van der Waals surface area (Å²) >= 11 is 1.59. The Balaban J connectivity index is 1.58. The number of likely N-dealkylation sites (tertiary alicyclic amines) is 1. The largest absolute Gasteiger partial charge is 0.354 e. The predicted octanol–water partition coefficient (Wildman–Crippen LogP) is 3.30. The van der Waals surface area contributed by atoms with Gasteiger partial charge >= 0.3 is 0 Å². The summed E-state index contributed by atoms with van der Waals surface area (Å²) < 4.78 is 13.0. The third kappa shape index (κ3) is 4.25. The van der Waals surface area contributed by atoms with Gasteiger partial charge in [0.25, 0.3) is 0 Å². The third-order valence-corrected chi connectivity index (χ3v) is 5.42. The molecule has 0 aliphatic carbocycles. The second-order valence-corrected chi connectivity index (χ2v) is 7.39. The second kappa shape index (κ2) is 7.78. The summed E-state index contributed by atoms with van der Waals surface area (Å²) in [4.78, 5) is 27.4. The molecule has 1 aromatic heterocycles. The molecule has 2 heterocycles. The first kappa shape index (κ1) is 17.6. The van der Waals surface area contributed by atoms with Gasteiger partial charge in [-0.05, 0) is 41.5 Å². The molecule has 1 aromatic carbocycles. The Hall–Kier alpha value is -2.21. The summed E-state index contributed by atoms with van der Waals surface area (Å²) in [6.07, 6.45) is 0.970. The minimum Gasteiger partial charge on any atom is -0.354 e. The van der Waals surface area contributed by atoms with E-state index in [0.717, 1.165) is 10.4 Å². The van der Waals surface area contributed by atoms with Crippen molar-refractivity contribution in [1.29, 1.82) is 0 Å². The summed E-state index contributed by atoms with van der Waals surface area (Å²) in [5, 5.41) is 4.91. The van der Waals surface area contributed by atoms with Crippen molar-refractivity contribution in [2.75, 3.05) is 6.54 Å². The number of hydrogen-bond donors (Lipinski definition) is 1. The maximum atomic E-state index is 13.0. The third-order valence-electron chi connectivity index (χ3n) is 4.56. The monoisotopic (exact) mass is 360 g/mol.